The average Bonchev–Trinajstić information content (AvgIpc) is 2.76. The molecule has 1 heterocycles. The minimum atomic E-state index is -3.48. The Bertz CT molecular complexity index is 524. The summed E-state index contributed by atoms with van der Waals surface area (Å²) in [6, 6.07) is 4.91. The molecular formula is C11H16N2O2S2. The summed E-state index contributed by atoms with van der Waals surface area (Å²) in [5.74, 6) is 0. The van der Waals surface area contributed by atoms with Crippen LogP contribution in [0, 0.1) is 16.7 Å². The molecule has 0 amide bonds. The molecule has 6 heteroatoms. The summed E-state index contributed by atoms with van der Waals surface area (Å²) in [6.07, 6.45) is 0.892. The lowest BCUT2D eigenvalue weighted by Crippen LogP contribution is -2.33. The van der Waals surface area contributed by atoms with Gasteiger partial charge in [0.15, 0.2) is 0 Å². The van der Waals surface area contributed by atoms with Gasteiger partial charge in [0.2, 0.25) is 10.0 Å². The summed E-state index contributed by atoms with van der Waals surface area (Å²) < 4.78 is 26.6. The van der Waals surface area contributed by atoms with E-state index in [1.807, 2.05) is 26.8 Å². The van der Waals surface area contributed by atoms with E-state index in [2.05, 4.69) is 4.72 Å². The van der Waals surface area contributed by atoms with E-state index in [4.69, 9.17) is 5.26 Å². The van der Waals surface area contributed by atoms with Crippen LogP contribution in [0.25, 0.3) is 0 Å². The predicted molar refractivity (Wildman–Crippen MR) is 68.3 cm³/mol. The molecule has 0 unspecified atom stereocenters. The molecule has 0 bridgehead atoms. The SMILES string of the molecule is CCC(C)(C)CNS(=O)(=O)c1ccc(C#N)s1. The average molecular weight is 272 g/mol. The lowest BCUT2D eigenvalue weighted by Gasteiger charge is -2.22. The molecule has 94 valence electrons. The second-order valence-corrected chi connectivity index (χ2v) is 7.65. The Hall–Kier alpha value is -0.900. The molecule has 17 heavy (non-hydrogen) atoms. The summed E-state index contributed by atoms with van der Waals surface area (Å²) >= 11 is 0.986. The summed E-state index contributed by atoms with van der Waals surface area (Å²) in [7, 11) is -3.48. The number of sulfonamides is 1. The number of hydrogen-bond acceptors (Lipinski definition) is 4. The van der Waals surface area contributed by atoms with Crippen molar-refractivity contribution >= 4 is 21.4 Å². The van der Waals surface area contributed by atoms with Crippen molar-refractivity contribution in [1.82, 2.24) is 4.72 Å². The monoisotopic (exact) mass is 272 g/mol. The summed E-state index contributed by atoms with van der Waals surface area (Å²) in [5.41, 5.74) is -0.0671. The lowest BCUT2D eigenvalue weighted by molar-refractivity contribution is 0.350. The first-order valence-electron chi connectivity index (χ1n) is 5.30. The van der Waals surface area contributed by atoms with Crippen molar-refractivity contribution in [3.05, 3.63) is 17.0 Å². The van der Waals surface area contributed by atoms with Crippen molar-refractivity contribution in [2.45, 2.75) is 31.4 Å². The molecular weight excluding hydrogens is 256 g/mol. The van der Waals surface area contributed by atoms with Gasteiger partial charge in [-0.1, -0.05) is 20.8 Å². The molecule has 1 aromatic rings. The first-order valence-corrected chi connectivity index (χ1v) is 7.60. The van der Waals surface area contributed by atoms with Crippen molar-refractivity contribution in [3.63, 3.8) is 0 Å². The molecule has 0 aliphatic carbocycles. The smallest absolute Gasteiger partial charge is 0.210 e. The van der Waals surface area contributed by atoms with Crippen molar-refractivity contribution in [2.75, 3.05) is 6.54 Å². The standard InChI is InChI=1S/C11H16N2O2S2/c1-4-11(2,3)8-13-17(14,15)10-6-5-9(7-12)16-10/h5-6,13H,4,8H2,1-3H3. The molecule has 1 N–H and O–H groups in total. The number of nitriles is 1. The molecule has 0 saturated carbocycles. The van der Waals surface area contributed by atoms with Crippen molar-refractivity contribution in [1.29, 1.82) is 5.26 Å². The molecule has 0 fully saturated rings. The van der Waals surface area contributed by atoms with Gasteiger partial charge in [-0.25, -0.2) is 13.1 Å². The van der Waals surface area contributed by atoms with Crippen LogP contribution in [-0.2, 0) is 10.0 Å². The normalized spacial score (nSPS) is 12.4. The van der Waals surface area contributed by atoms with Gasteiger partial charge in [0.05, 0.1) is 0 Å². The minimum absolute atomic E-state index is 0.0671. The predicted octanol–water partition coefficient (Wildman–Crippen LogP) is 2.33. The Morgan fingerprint density at radius 1 is 1.47 bits per heavy atom. The second-order valence-electron chi connectivity index (χ2n) is 4.57. The van der Waals surface area contributed by atoms with Gasteiger partial charge in [-0.3, -0.25) is 0 Å². The van der Waals surface area contributed by atoms with E-state index in [9.17, 15) is 8.42 Å². The third-order valence-corrected chi connectivity index (χ3v) is 5.54. The molecule has 0 aromatic carbocycles. The maximum atomic E-state index is 11.9. The van der Waals surface area contributed by atoms with Crippen LogP contribution in [0.4, 0.5) is 0 Å². The summed E-state index contributed by atoms with van der Waals surface area (Å²) in [5, 5.41) is 8.66. The first kappa shape index (κ1) is 14.2. The van der Waals surface area contributed by atoms with E-state index in [1.54, 1.807) is 0 Å². The first-order chi connectivity index (χ1) is 7.80. The molecule has 0 radical (unpaired) electrons. The molecule has 0 spiro atoms. The van der Waals surface area contributed by atoms with Gasteiger partial charge >= 0.3 is 0 Å². The maximum Gasteiger partial charge on any atom is 0.250 e. The summed E-state index contributed by atoms with van der Waals surface area (Å²) in [4.78, 5) is 0.403. The van der Waals surface area contributed by atoms with Crippen LogP contribution < -0.4 is 4.72 Å². The summed E-state index contributed by atoms with van der Waals surface area (Å²) in [6.45, 7) is 6.42. The van der Waals surface area contributed by atoms with Gasteiger partial charge in [0.1, 0.15) is 15.2 Å². The topological polar surface area (TPSA) is 70.0 Å². The zero-order valence-corrected chi connectivity index (χ0v) is 11.8. The third kappa shape index (κ3) is 3.80. The van der Waals surface area contributed by atoms with Gasteiger partial charge in [0, 0.05) is 6.54 Å². The van der Waals surface area contributed by atoms with Crippen molar-refractivity contribution < 1.29 is 8.42 Å². The Morgan fingerprint density at radius 3 is 2.59 bits per heavy atom. The van der Waals surface area contributed by atoms with Gasteiger partial charge < -0.3 is 0 Å². The van der Waals surface area contributed by atoms with E-state index in [0.717, 1.165) is 17.8 Å². The number of rotatable bonds is 5. The molecule has 0 aliphatic heterocycles. The largest absolute Gasteiger partial charge is 0.250 e. The fourth-order valence-electron chi connectivity index (χ4n) is 1.01. The van der Waals surface area contributed by atoms with Crippen LogP contribution in [0.3, 0.4) is 0 Å². The molecule has 1 aromatic heterocycles. The van der Waals surface area contributed by atoms with Crippen LogP contribution in [0.2, 0.25) is 0 Å². The Kier molecular flexibility index (Phi) is 4.31. The molecule has 1 rings (SSSR count). The molecule has 0 aliphatic rings. The van der Waals surface area contributed by atoms with Crippen LogP contribution in [0.5, 0.6) is 0 Å². The number of nitrogens with one attached hydrogen (secondary N) is 1. The van der Waals surface area contributed by atoms with Crippen LogP contribution in [0.15, 0.2) is 16.3 Å². The van der Waals surface area contributed by atoms with Crippen molar-refractivity contribution in [2.24, 2.45) is 5.41 Å². The van der Waals surface area contributed by atoms with E-state index in [0.29, 0.717) is 11.4 Å². The lowest BCUT2D eigenvalue weighted by atomic mass is 9.91. The highest BCUT2D eigenvalue weighted by molar-refractivity contribution is 7.91. The quantitative estimate of drug-likeness (QED) is 0.894. The van der Waals surface area contributed by atoms with Crippen molar-refractivity contribution in [3.8, 4) is 6.07 Å². The number of nitrogens with zero attached hydrogens (tertiary/aromatic N) is 1. The number of hydrogen-bond donors (Lipinski definition) is 1. The van der Waals surface area contributed by atoms with E-state index in [-0.39, 0.29) is 9.62 Å². The highest BCUT2D eigenvalue weighted by Crippen LogP contribution is 2.23. The van der Waals surface area contributed by atoms with Crippen LogP contribution in [0.1, 0.15) is 32.1 Å². The zero-order chi connectivity index (χ0) is 13.1. The fraction of sp³-hybridized carbons (Fsp3) is 0.545. The van der Waals surface area contributed by atoms with Gasteiger partial charge in [-0.05, 0) is 24.0 Å². The fourth-order valence-corrected chi connectivity index (χ4v) is 3.40. The molecule has 0 atom stereocenters. The Morgan fingerprint density at radius 2 is 2.12 bits per heavy atom. The molecule has 4 nitrogen and oxygen atoms in total. The van der Waals surface area contributed by atoms with E-state index in [1.165, 1.54) is 12.1 Å². The van der Waals surface area contributed by atoms with Gasteiger partial charge in [0.25, 0.3) is 0 Å². The highest BCUT2D eigenvalue weighted by atomic mass is 32.2. The minimum Gasteiger partial charge on any atom is -0.210 e. The van der Waals surface area contributed by atoms with Crippen LogP contribution in [-0.4, -0.2) is 15.0 Å². The Labute approximate surface area is 106 Å². The Balaban J connectivity index is 2.80. The van der Waals surface area contributed by atoms with E-state index < -0.39 is 10.0 Å². The zero-order valence-electron chi connectivity index (χ0n) is 10.1. The highest BCUT2D eigenvalue weighted by Gasteiger charge is 2.21. The maximum absolute atomic E-state index is 11.9. The van der Waals surface area contributed by atoms with Crippen LogP contribution >= 0.6 is 11.3 Å². The second kappa shape index (κ2) is 5.17. The third-order valence-electron chi connectivity index (χ3n) is 2.65. The molecule has 0 saturated heterocycles. The van der Waals surface area contributed by atoms with E-state index >= 15 is 0 Å². The number of thiophene rings is 1. The van der Waals surface area contributed by atoms with Gasteiger partial charge in [-0.15, -0.1) is 11.3 Å². The van der Waals surface area contributed by atoms with Gasteiger partial charge in [-0.2, -0.15) is 5.26 Å².